The van der Waals surface area contributed by atoms with Crippen molar-refractivity contribution in [1.29, 1.82) is 0 Å². The summed E-state index contributed by atoms with van der Waals surface area (Å²) >= 11 is 1.50. The van der Waals surface area contributed by atoms with Gasteiger partial charge in [0.15, 0.2) is 0 Å². The van der Waals surface area contributed by atoms with Gasteiger partial charge in [0.05, 0.1) is 18.0 Å². The molecule has 0 bridgehead atoms. The van der Waals surface area contributed by atoms with E-state index < -0.39 is 0 Å². The zero-order chi connectivity index (χ0) is 22.1. The van der Waals surface area contributed by atoms with Crippen molar-refractivity contribution in [3.63, 3.8) is 0 Å². The molecule has 2 aromatic heterocycles. The Balaban J connectivity index is 1.43. The average molecular weight is 450 g/mol. The van der Waals surface area contributed by atoms with Crippen molar-refractivity contribution in [1.82, 2.24) is 24.4 Å². The van der Waals surface area contributed by atoms with Crippen molar-refractivity contribution in [2.45, 2.75) is 19.5 Å². The van der Waals surface area contributed by atoms with Gasteiger partial charge in [0.2, 0.25) is 10.8 Å². The molecule has 0 aliphatic carbocycles. The van der Waals surface area contributed by atoms with Crippen LogP contribution in [0.3, 0.4) is 0 Å². The molecule has 0 amide bonds. The third-order valence-electron chi connectivity index (χ3n) is 5.98. The SMILES string of the molecule is COc1cccc([C@H](c2sc3nc(C)nn3c2O)N2CCN(Cc3ccccc3)CC2)c1. The summed E-state index contributed by atoms with van der Waals surface area (Å²) < 4.78 is 7.04. The molecule has 1 N–H and O–H groups in total. The molecule has 7 nitrogen and oxygen atoms in total. The van der Waals surface area contributed by atoms with E-state index in [1.807, 2.05) is 19.1 Å². The number of ether oxygens (including phenoxy) is 1. The van der Waals surface area contributed by atoms with Gasteiger partial charge in [0.1, 0.15) is 11.6 Å². The fourth-order valence-electron chi connectivity index (χ4n) is 4.39. The quantitative estimate of drug-likeness (QED) is 0.484. The summed E-state index contributed by atoms with van der Waals surface area (Å²) in [5.41, 5.74) is 2.43. The number of rotatable bonds is 6. The Morgan fingerprint density at radius 1 is 1.06 bits per heavy atom. The van der Waals surface area contributed by atoms with E-state index in [4.69, 9.17) is 4.74 Å². The summed E-state index contributed by atoms with van der Waals surface area (Å²) in [6, 6.07) is 18.6. The Morgan fingerprint density at radius 3 is 2.56 bits per heavy atom. The van der Waals surface area contributed by atoms with Gasteiger partial charge in [0.25, 0.3) is 0 Å². The Hall–Kier alpha value is -2.94. The Bertz CT molecular complexity index is 1200. The molecule has 0 spiro atoms. The number of benzene rings is 2. The lowest BCUT2D eigenvalue weighted by molar-refractivity contribution is 0.105. The zero-order valence-electron chi connectivity index (χ0n) is 18.3. The first-order valence-electron chi connectivity index (χ1n) is 10.8. The van der Waals surface area contributed by atoms with Crippen LogP contribution in [0.5, 0.6) is 11.6 Å². The number of thiazole rings is 1. The molecule has 1 aliphatic rings. The summed E-state index contributed by atoms with van der Waals surface area (Å²) in [5, 5.41) is 15.4. The molecule has 0 radical (unpaired) electrons. The van der Waals surface area contributed by atoms with E-state index in [2.05, 4.69) is 62.3 Å². The van der Waals surface area contributed by atoms with Crippen LogP contribution < -0.4 is 4.74 Å². The Labute approximate surface area is 191 Å². The monoisotopic (exact) mass is 449 g/mol. The van der Waals surface area contributed by atoms with Crippen LogP contribution in [0.2, 0.25) is 0 Å². The predicted molar refractivity (Wildman–Crippen MR) is 125 cm³/mol. The number of hydrogen-bond donors (Lipinski definition) is 1. The predicted octanol–water partition coefficient (Wildman–Crippen LogP) is 3.72. The first kappa shape index (κ1) is 20.9. The number of aryl methyl sites for hydroxylation is 1. The molecular formula is C24H27N5O2S. The number of fused-ring (bicyclic) bond motifs is 1. The van der Waals surface area contributed by atoms with Crippen LogP contribution in [0.25, 0.3) is 4.96 Å². The van der Waals surface area contributed by atoms with Crippen LogP contribution in [-0.4, -0.2) is 62.8 Å². The largest absolute Gasteiger partial charge is 0.497 e. The molecule has 3 heterocycles. The lowest BCUT2D eigenvalue weighted by atomic mass is 10.0. The molecule has 32 heavy (non-hydrogen) atoms. The summed E-state index contributed by atoms with van der Waals surface area (Å²) in [6.07, 6.45) is 0. The van der Waals surface area contributed by atoms with Crippen LogP contribution in [0, 0.1) is 6.92 Å². The maximum absolute atomic E-state index is 11.0. The highest BCUT2D eigenvalue weighted by molar-refractivity contribution is 7.17. The fourth-order valence-corrected chi connectivity index (χ4v) is 5.55. The van der Waals surface area contributed by atoms with Crippen LogP contribution in [-0.2, 0) is 6.54 Å². The van der Waals surface area contributed by atoms with E-state index in [0.717, 1.165) is 48.9 Å². The minimum absolute atomic E-state index is 0.0854. The molecule has 2 aromatic carbocycles. The molecule has 0 unspecified atom stereocenters. The van der Waals surface area contributed by atoms with Crippen molar-refractivity contribution < 1.29 is 9.84 Å². The topological polar surface area (TPSA) is 66.1 Å². The smallest absolute Gasteiger partial charge is 0.230 e. The number of aromatic hydroxyl groups is 1. The minimum Gasteiger partial charge on any atom is -0.497 e. The van der Waals surface area contributed by atoms with Crippen molar-refractivity contribution in [2.24, 2.45) is 0 Å². The van der Waals surface area contributed by atoms with Crippen LogP contribution in [0.1, 0.15) is 27.9 Å². The highest BCUT2D eigenvalue weighted by Crippen LogP contribution is 2.41. The van der Waals surface area contributed by atoms with Gasteiger partial charge >= 0.3 is 0 Å². The lowest BCUT2D eigenvalue weighted by Gasteiger charge is -2.39. The average Bonchev–Trinajstić information content (AvgIpc) is 3.33. The Morgan fingerprint density at radius 2 is 1.84 bits per heavy atom. The van der Waals surface area contributed by atoms with Gasteiger partial charge in [0, 0.05) is 32.7 Å². The molecule has 1 fully saturated rings. The zero-order valence-corrected chi connectivity index (χ0v) is 19.1. The maximum atomic E-state index is 11.0. The van der Waals surface area contributed by atoms with Gasteiger partial charge in [-0.1, -0.05) is 53.8 Å². The summed E-state index contributed by atoms with van der Waals surface area (Å²) in [6.45, 7) is 6.54. The molecule has 5 rings (SSSR count). The number of nitrogens with zero attached hydrogens (tertiary/aromatic N) is 5. The van der Waals surface area contributed by atoms with Crippen LogP contribution in [0.4, 0.5) is 0 Å². The van der Waals surface area contributed by atoms with Crippen molar-refractivity contribution in [3.05, 3.63) is 76.4 Å². The third kappa shape index (κ3) is 4.09. The highest BCUT2D eigenvalue weighted by atomic mass is 32.1. The maximum Gasteiger partial charge on any atom is 0.230 e. The third-order valence-corrected chi connectivity index (χ3v) is 7.06. The molecule has 1 atom stereocenters. The Kier molecular flexibility index (Phi) is 5.82. The van der Waals surface area contributed by atoms with Gasteiger partial charge in [-0.05, 0) is 30.2 Å². The number of hydrogen-bond acceptors (Lipinski definition) is 7. The van der Waals surface area contributed by atoms with E-state index in [9.17, 15) is 5.11 Å². The summed E-state index contributed by atoms with van der Waals surface area (Å²) in [7, 11) is 1.68. The van der Waals surface area contributed by atoms with E-state index in [1.165, 1.54) is 16.9 Å². The molecule has 1 aliphatic heterocycles. The second kappa shape index (κ2) is 8.90. The second-order valence-corrected chi connectivity index (χ2v) is 9.13. The number of piperazine rings is 1. The van der Waals surface area contributed by atoms with Crippen LogP contribution >= 0.6 is 11.3 Å². The summed E-state index contributed by atoms with van der Waals surface area (Å²) in [5.74, 6) is 1.64. The van der Waals surface area contributed by atoms with E-state index in [-0.39, 0.29) is 11.9 Å². The molecule has 8 heteroatoms. The summed E-state index contributed by atoms with van der Waals surface area (Å²) in [4.78, 5) is 11.0. The molecule has 0 saturated carbocycles. The van der Waals surface area contributed by atoms with Gasteiger partial charge < -0.3 is 9.84 Å². The van der Waals surface area contributed by atoms with Gasteiger partial charge in [-0.3, -0.25) is 9.80 Å². The highest BCUT2D eigenvalue weighted by Gasteiger charge is 2.32. The van der Waals surface area contributed by atoms with E-state index >= 15 is 0 Å². The minimum atomic E-state index is -0.0854. The van der Waals surface area contributed by atoms with Crippen LogP contribution in [0.15, 0.2) is 54.6 Å². The van der Waals surface area contributed by atoms with Gasteiger partial charge in [-0.25, -0.2) is 4.98 Å². The fraction of sp³-hybridized carbons (Fsp3) is 0.333. The normalized spacial score (nSPS) is 16.4. The lowest BCUT2D eigenvalue weighted by Crippen LogP contribution is -2.47. The van der Waals surface area contributed by atoms with Crippen molar-refractivity contribution in [2.75, 3.05) is 33.3 Å². The first-order valence-corrected chi connectivity index (χ1v) is 11.6. The second-order valence-electron chi connectivity index (χ2n) is 8.12. The van der Waals surface area contributed by atoms with Crippen molar-refractivity contribution in [3.8, 4) is 11.6 Å². The van der Waals surface area contributed by atoms with Gasteiger partial charge in [-0.2, -0.15) is 4.52 Å². The molecular weight excluding hydrogens is 422 g/mol. The first-order chi connectivity index (χ1) is 15.6. The van der Waals surface area contributed by atoms with E-state index in [0.29, 0.717) is 10.8 Å². The number of aromatic nitrogens is 3. The molecule has 166 valence electrons. The van der Waals surface area contributed by atoms with E-state index in [1.54, 1.807) is 11.6 Å². The molecule has 1 saturated heterocycles. The molecule has 4 aromatic rings. The standard InChI is InChI=1S/C24H27N5O2S/c1-17-25-24-29(26-17)23(30)22(32-24)21(19-9-6-10-20(15-19)31-2)28-13-11-27(12-14-28)16-18-7-4-3-5-8-18/h3-10,15,21,30H,11-14,16H2,1-2H3/t21-/m1/s1. The van der Waals surface area contributed by atoms with Crippen molar-refractivity contribution >= 4 is 16.3 Å². The van der Waals surface area contributed by atoms with Gasteiger partial charge in [-0.15, -0.1) is 5.10 Å². The number of methoxy groups -OCH3 is 1.